The van der Waals surface area contributed by atoms with Gasteiger partial charge in [0.05, 0.1) is 11.0 Å². The van der Waals surface area contributed by atoms with Gasteiger partial charge in [-0.25, -0.2) is 4.39 Å². The summed E-state index contributed by atoms with van der Waals surface area (Å²) in [5.74, 6) is 1.29. The predicted molar refractivity (Wildman–Crippen MR) is 98.7 cm³/mol. The maximum atomic E-state index is 13.7. The fraction of sp³-hybridized carbons (Fsp3) is 0.412. The van der Waals surface area contributed by atoms with Crippen LogP contribution in [0.1, 0.15) is 25.3 Å². The molecule has 1 fully saturated rings. The number of carbonyl (C=O) groups excluding carboxylic acids is 1. The first-order valence-corrected chi connectivity index (χ1v) is 9.76. The zero-order valence-electron chi connectivity index (χ0n) is 13.3. The summed E-state index contributed by atoms with van der Waals surface area (Å²) in [6.07, 6.45) is 3.54. The number of hydrogen-bond donors (Lipinski definition) is 1. The normalized spacial score (nSPS) is 20.8. The molecule has 0 bridgehead atoms. The molecule has 2 aromatic rings. The molecule has 2 atom stereocenters. The van der Waals surface area contributed by atoms with Crippen LogP contribution in [0.25, 0.3) is 0 Å². The van der Waals surface area contributed by atoms with Crippen molar-refractivity contribution >= 4 is 39.4 Å². The predicted octanol–water partition coefficient (Wildman–Crippen LogP) is 4.30. The summed E-state index contributed by atoms with van der Waals surface area (Å²) in [5, 5.41) is 7.78. The molecule has 0 aliphatic carbocycles. The van der Waals surface area contributed by atoms with Crippen LogP contribution >= 0.6 is 27.7 Å². The number of hydrogen-bond acceptors (Lipinski definition) is 3. The lowest BCUT2D eigenvalue weighted by atomic mass is 9.99. The van der Waals surface area contributed by atoms with Gasteiger partial charge >= 0.3 is 0 Å². The summed E-state index contributed by atoms with van der Waals surface area (Å²) in [5.41, 5.74) is 0.559. The van der Waals surface area contributed by atoms with Crippen molar-refractivity contribution in [3.63, 3.8) is 0 Å². The Balaban J connectivity index is 1.68. The number of halogens is 2. The van der Waals surface area contributed by atoms with Crippen molar-refractivity contribution in [2.45, 2.75) is 31.6 Å². The zero-order chi connectivity index (χ0) is 17.1. The second kappa shape index (κ2) is 7.70. The number of amides is 1. The Hall–Kier alpha value is -1.34. The molecule has 2 unspecified atom stereocenters. The van der Waals surface area contributed by atoms with E-state index in [1.54, 1.807) is 29.1 Å². The van der Waals surface area contributed by atoms with Gasteiger partial charge in [0.25, 0.3) is 0 Å². The van der Waals surface area contributed by atoms with Crippen LogP contribution in [0.15, 0.2) is 34.9 Å². The van der Waals surface area contributed by atoms with Crippen LogP contribution in [-0.2, 0) is 11.3 Å². The second-order valence-corrected chi connectivity index (χ2v) is 8.41. The molecule has 4 nitrogen and oxygen atoms in total. The molecule has 1 saturated heterocycles. The minimum Gasteiger partial charge on any atom is -0.308 e. The van der Waals surface area contributed by atoms with E-state index in [1.165, 1.54) is 6.07 Å². The highest BCUT2D eigenvalue weighted by atomic mass is 79.9. The third-order valence-corrected chi connectivity index (χ3v) is 5.92. The average Bonchev–Trinajstić information content (AvgIpc) is 2.89. The number of anilines is 1. The molecule has 1 N–H and O–H groups in total. The standard InChI is InChI=1S/C17H19BrFN3OS/c1-11-8-12(6-7-24-11)17(23)20-16-14(18)10-22(21-16)9-13-4-2-3-5-15(13)19/h2-5,10-12H,6-9H2,1H3,(H,20,21,23). The monoisotopic (exact) mass is 411 g/mol. The summed E-state index contributed by atoms with van der Waals surface area (Å²) in [6.45, 7) is 2.47. The number of rotatable bonds is 4. The van der Waals surface area contributed by atoms with Crippen LogP contribution in [0.3, 0.4) is 0 Å². The van der Waals surface area contributed by atoms with Gasteiger partial charge in [-0.2, -0.15) is 16.9 Å². The van der Waals surface area contributed by atoms with Crippen molar-refractivity contribution in [3.8, 4) is 0 Å². The Morgan fingerprint density at radius 3 is 3.04 bits per heavy atom. The van der Waals surface area contributed by atoms with Gasteiger partial charge in [0.1, 0.15) is 5.82 Å². The van der Waals surface area contributed by atoms with Gasteiger partial charge in [-0.15, -0.1) is 0 Å². The van der Waals surface area contributed by atoms with E-state index in [1.807, 2.05) is 11.8 Å². The number of aromatic nitrogens is 2. The smallest absolute Gasteiger partial charge is 0.228 e. The minimum atomic E-state index is -0.261. The number of benzene rings is 1. The second-order valence-electron chi connectivity index (χ2n) is 6.01. The van der Waals surface area contributed by atoms with Crippen molar-refractivity contribution < 1.29 is 9.18 Å². The first-order chi connectivity index (χ1) is 11.5. The highest BCUT2D eigenvalue weighted by Crippen LogP contribution is 2.30. The van der Waals surface area contributed by atoms with E-state index in [4.69, 9.17) is 0 Å². The van der Waals surface area contributed by atoms with Crippen molar-refractivity contribution in [1.29, 1.82) is 0 Å². The van der Waals surface area contributed by atoms with Crippen LogP contribution in [0.4, 0.5) is 10.2 Å². The van der Waals surface area contributed by atoms with Crippen LogP contribution in [0.5, 0.6) is 0 Å². The number of thioether (sulfide) groups is 1. The SMILES string of the molecule is CC1CC(C(=O)Nc2nn(Cc3ccccc3F)cc2Br)CCS1. The lowest BCUT2D eigenvalue weighted by Gasteiger charge is -2.25. The Bertz CT molecular complexity index is 736. The van der Waals surface area contributed by atoms with Crippen molar-refractivity contribution in [1.82, 2.24) is 9.78 Å². The van der Waals surface area contributed by atoms with Gasteiger partial charge in [0.2, 0.25) is 5.91 Å². The summed E-state index contributed by atoms with van der Waals surface area (Å²) in [6, 6.07) is 6.61. The Morgan fingerprint density at radius 2 is 2.29 bits per heavy atom. The van der Waals surface area contributed by atoms with E-state index in [0.717, 1.165) is 18.6 Å². The molecule has 128 valence electrons. The summed E-state index contributed by atoms with van der Waals surface area (Å²) >= 11 is 5.33. The number of nitrogens with one attached hydrogen (secondary N) is 1. The van der Waals surface area contributed by atoms with Crippen molar-refractivity contribution in [2.24, 2.45) is 5.92 Å². The molecule has 24 heavy (non-hydrogen) atoms. The van der Waals surface area contributed by atoms with E-state index < -0.39 is 0 Å². The number of nitrogens with zero attached hydrogens (tertiary/aromatic N) is 2. The molecule has 0 radical (unpaired) electrons. The Morgan fingerprint density at radius 1 is 1.50 bits per heavy atom. The van der Waals surface area contributed by atoms with Gasteiger partial charge in [-0.3, -0.25) is 9.48 Å². The fourth-order valence-corrected chi connectivity index (χ4v) is 4.42. The minimum absolute atomic E-state index is 0.0130. The third kappa shape index (κ3) is 4.19. The molecule has 1 amide bonds. The van der Waals surface area contributed by atoms with E-state index in [9.17, 15) is 9.18 Å². The van der Waals surface area contributed by atoms with Crippen LogP contribution in [0, 0.1) is 11.7 Å². The molecular weight excluding hydrogens is 393 g/mol. The summed E-state index contributed by atoms with van der Waals surface area (Å²) in [4.78, 5) is 12.4. The topological polar surface area (TPSA) is 46.9 Å². The lowest BCUT2D eigenvalue weighted by molar-refractivity contribution is -0.120. The van der Waals surface area contributed by atoms with Crippen LogP contribution < -0.4 is 5.32 Å². The molecule has 3 rings (SSSR count). The quantitative estimate of drug-likeness (QED) is 0.815. The molecule has 1 aliphatic heterocycles. The van der Waals surface area contributed by atoms with Gasteiger partial charge in [0.15, 0.2) is 5.82 Å². The average molecular weight is 412 g/mol. The zero-order valence-corrected chi connectivity index (χ0v) is 15.7. The number of carbonyl (C=O) groups is 1. The summed E-state index contributed by atoms with van der Waals surface area (Å²) < 4.78 is 16.1. The molecule has 7 heteroatoms. The maximum absolute atomic E-state index is 13.7. The molecule has 1 aliphatic rings. The molecular formula is C17H19BrFN3OS. The fourth-order valence-electron chi connectivity index (χ4n) is 2.82. The molecule has 2 heterocycles. The van der Waals surface area contributed by atoms with Gasteiger partial charge in [0, 0.05) is 22.9 Å². The van der Waals surface area contributed by atoms with E-state index in [-0.39, 0.29) is 17.6 Å². The molecule has 0 spiro atoms. The highest BCUT2D eigenvalue weighted by molar-refractivity contribution is 9.10. The highest BCUT2D eigenvalue weighted by Gasteiger charge is 2.26. The largest absolute Gasteiger partial charge is 0.308 e. The first-order valence-electron chi connectivity index (χ1n) is 7.91. The van der Waals surface area contributed by atoms with Gasteiger partial charge in [-0.05, 0) is 40.6 Å². The van der Waals surface area contributed by atoms with Gasteiger partial charge < -0.3 is 5.32 Å². The molecule has 0 saturated carbocycles. The van der Waals surface area contributed by atoms with Gasteiger partial charge in [-0.1, -0.05) is 25.1 Å². The van der Waals surface area contributed by atoms with Crippen LogP contribution in [-0.4, -0.2) is 26.7 Å². The first kappa shape index (κ1) is 17.5. The Labute approximate surface area is 153 Å². The maximum Gasteiger partial charge on any atom is 0.228 e. The van der Waals surface area contributed by atoms with E-state index in [0.29, 0.717) is 27.6 Å². The van der Waals surface area contributed by atoms with E-state index >= 15 is 0 Å². The van der Waals surface area contributed by atoms with E-state index in [2.05, 4.69) is 33.3 Å². The third-order valence-electron chi connectivity index (χ3n) is 4.10. The lowest BCUT2D eigenvalue weighted by Crippen LogP contribution is -2.29. The molecule has 1 aromatic heterocycles. The van der Waals surface area contributed by atoms with Crippen molar-refractivity contribution in [3.05, 3.63) is 46.3 Å². The Kier molecular flexibility index (Phi) is 5.61. The molecule has 1 aromatic carbocycles. The van der Waals surface area contributed by atoms with Crippen LogP contribution in [0.2, 0.25) is 0 Å². The van der Waals surface area contributed by atoms with Crippen molar-refractivity contribution in [2.75, 3.05) is 11.1 Å². The summed E-state index contributed by atoms with van der Waals surface area (Å²) in [7, 11) is 0.